The zero-order valence-corrected chi connectivity index (χ0v) is 17.0. The van der Waals surface area contributed by atoms with Crippen LogP contribution >= 0.6 is 0 Å². The molecule has 0 aliphatic heterocycles. The lowest BCUT2D eigenvalue weighted by Crippen LogP contribution is -2.15. The van der Waals surface area contributed by atoms with Crippen LogP contribution in [0, 0.1) is 11.8 Å². The van der Waals surface area contributed by atoms with Gasteiger partial charge in [0.15, 0.2) is 0 Å². The number of rotatable bonds is 7. The third-order valence-corrected chi connectivity index (χ3v) is 5.16. The van der Waals surface area contributed by atoms with Gasteiger partial charge in [-0.05, 0) is 55.7 Å². The third-order valence-electron chi connectivity index (χ3n) is 5.16. The van der Waals surface area contributed by atoms with Crippen LogP contribution in [0.4, 0.5) is 0 Å². The van der Waals surface area contributed by atoms with Gasteiger partial charge >= 0.3 is 5.97 Å². The van der Waals surface area contributed by atoms with Gasteiger partial charge in [0.05, 0.1) is 12.2 Å². The van der Waals surface area contributed by atoms with Crippen molar-refractivity contribution in [3.05, 3.63) is 41.0 Å². The summed E-state index contributed by atoms with van der Waals surface area (Å²) in [6.07, 6.45) is 6.10. The maximum atomic E-state index is 12.6. The molecule has 2 atom stereocenters. The number of carbonyl (C=O) groups excluding carboxylic acids is 1. The third kappa shape index (κ3) is 4.55. The van der Waals surface area contributed by atoms with Crippen molar-refractivity contribution in [2.24, 2.45) is 11.8 Å². The first kappa shape index (κ1) is 21.1. The predicted molar refractivity (Wildman–Crippen MR) is 109 cm³/mol. The summed E-state index contributed by atoms with van der Waals surface area (Å²) in [7, 11) is 0. The number of hydrogen-bond donors (Lipinski definition) is 2. The average Bonchev–Trinajstić information content (AvgIpc) is 2.59. The van der Waals surface area contributed by atoms with E-state index < -0.39 is 5.97 Å². The minimum absolute atomic E-state index is 0.00888. The largest absolute Gasteiger partial charge is 0.507 e. The predicted octanol–water partition coefficient (Wildman–Crippen LogP) is 5.62. The number of benzene rings is 1. The van der Waals surface area contributed by atoms with E-state index in [1.165, 1.54) is 0 Å². The molecule has 0 fully saturated rings. The lowest BCUT2D eigenvalue weighted by atomic mass is 9.76. The van der Waals surface area contributed by atoms with E-state index in [2.05, 4.69) is 19.6 Å². The molecule has 1 aromatic rings. The van der Waals surface area contributed by atoms with Gasteiger partial charge in [-0.25, -0.2) is 4.79 Å². The van der Waals surface area contributed by atoms with Crippen LogP contribution in [-0.2, 0) is 11.2 Å². The Morgan fingerprint density at radius 2 is 1.96 bits per heavy atom. The van der Waals surface area contributed by atoms with Crippen molar-refractivity contribution >= 4 is 11.5 Å². The van der Waals surface area contributed by atoms with E-state index in [-0.39, 0.29) is 23.0 Å². The summed E-state index contributed by atoms with van der Waals surface area (Å²) in [5.41, 5.74) is 2.98. The van der Waals surface area contributed by atoms with Gasteiger partial charge in [0, 0.05) is 5.92 Å². The molecular weight excluding hydrogens is 340 g/mol. The number of phenolic OH excluding ortho intramolecular Hbond substituents is 2. The first-order valence-electron chi connectivity index (χ1n) is 9.94. The molecule has 1 unspecified atom stereocenters. The van der Waals surface area contributed by atoms with E-state index in [4.69, 9.17) is 4.74 Å². The lowest BCUT2D eigenvalue weighted by Gasteiger charge is -2.29. The van der Waals surface area contributed by atoms with Crippen LogP contribution in [0.3, 0.4) is 0 Å². The molecule has 1 aliphatic carbocycles. The zero-order chi connectivity index (χ0) is 20.1. The molecule has 0 saturated carbocycles. The number of esters is 1. The summed E-state index contributed by atoms with van der Waals surface area (Å²) < 4.78 is 5.31. The first-order chi connectivity index (χ1) is 12.8. The summed E-state index contributed by atoms with van der Waals surface area (Å²) in [4.78, 5) is 12.6. The number of phenols is 2. The number of aryl methyl sites for hydroxylation is 1. The van der Waals surface area contributed by atoms with Gasteiger partial charge in [-0.2, -0.15) is 0 Å². The second-order valence-electron chi connectivity index (χ2n) is 7.61. The fourth-order valence-corrected chi connectivity index (χ4v) is 3.81. The molecule has 27 heavy (non-hydrogen) atoms. The first-order valence-corrected chi connectivity index (χ1v) is 9.94. The highest BCUT2D eigenvalue weighted by Gasteiger charge is 2.30. The number of hydrogen-bond acceptors (Lipinski definition) is 4. The maximum Gasteiger partial charge on any atom is 0.342 e. The van der Waals surface area contributed by atoms with Gasteiger partial charge in [-0.1, -0.05) is 45.4 Å². The van der Waals surface area contributed by atoms with E-state index in [9.17, 15) is 15.0 Å². The van der Waals surface area contributed by atoms with Crippen molar-refractivity contribution in [2.45, 2.75) is 59.8 Å². The van der Waals surface area contributed by atoms with E-state index >= 15 is 0 Å². The van der Waals surface area contributed by atoms with E-state index in [0.29, 0.717) is 36.5 Å². The quantitative estimate of drug-likeness (QED) is 0.481. The van der Waals surface area contributed by atoms with Crippen LogP contribution in [0.2, 0.25) is 0 Å². The molecule has 0 heterocycles. The van der Waals surface area contributed by atoms with Crippen LogP contribution < -0.4 is 0 Å². The summed E-state index contributed by atoms with van der Waals surface area (Å²) in [5, 5.41) is 21.8. The summed E-state index contributed by atoms with van der Waals surface area (Å²) >= 11 is 0. The normalized spacial score (nSPS) is 19.5. The smallest absolute Gasteiger partial charge is 0.342 e. The zero-order valence-electron chi connectivity index (χ0n) is 17.0. The molecule has 4 heteroatoms. The summed E-state index contributed by atoms with van der Waals surface area (Å²) in [5.74, 6) is -0.314. The van der Waals surface area contributed by atoms with Crippen LogP contribution in [-0.4, -0.2) is 22.8 Å². The molecule has 0 saturated heterocycles. The molecule has 0 amide bonds. The molecule has 1 aromatic carbocycles. The van der Waals surface area contributed by atoms with Gasteiger partial charge in [0.25, 0.3) is 0 Å². The second-order valence-corrected chi connectivity index (χ2v) is 7.61. The average molecular weight is 373 g/mol. The fourth-order valence-electron chi connectivity index (χ4n) is 3.81. The molecule has 148 valence electrons. The van der Waals surface area contributed by atoms with Crippen molar-refractivity contribution in [1.82, 2.24) is 0 Å². The Kier molecular flexibility index (Phi) is 7.11. The highest BCUT2D eigenvalue weighted by atomic mass is 16.5. The van der Waals surface area contributed by atoms with E-state index in [0.717, 1.165) is 30.4 Å². The number of allylic oxidation sites excluding steroid dienone is 3. The van der Waals surface area contributed by atoms with Gasteiger partial charge in [-0.3, -0.25) is 0 Å². The molecule has 2 rings (SSSR count). The standard InChI is InChI=1S/C23H32O4/c1-6-8-16-13-19(24)21(22(25)20(16)23(26)27-11-7-2)18-12-15(5)9-10-17(18)14(3)4/h12-13,15,17,24-25H,3,6-11H2,1-2,4-5H3/t15?,17-/m0/s1. The molecule has 0 radical (unpaired) electrons. The molecule has 1 aliphatic rings. The van der Waals surface area contributed by atoms with Crippen LogP contribution in [0.5, 0.6) is 11.5 Å². The Bertz CT molecular complexity index is 745. The van der Waals surface area contributed by atoms with Crippen LogP contribution in [0.1, 0.15) is 74.9 Å². The monoisotopic (exact) mass is 372 g/mol. The molecule has 0 bridgehead atoms. The highest BCUT2D eigenvalue weighted by Crippen LogP contribution is 2.47. The van der Waals surface area contributed by atoms with E-state index in [1.807, 2.05) is 20.8 Å². The lowest BCUT2D eigenvalue weighted by molar-refractivity contribution is 0.0500. The number of aromatic hydroxyl groups is 2. The van der Waals surface area contributed by atoms with Gasteiger partial charge in [0.2, 0.25) is 0 Å². The highest BCUT2D eigenvalue weighted by molar-refractivity contribution is 5.97. The minimum Gasteiger partial charge on any atom is -0.507 e. The van der Waals surface area contributed by atoms with Crippen molar-refractivity contribution in [3.8, 4) is 11.5 Å². The van der Waals surface area contributed by atoms with Crippen molar-refractivity contribution in [1.29, 1.82) is 0 Å². The Hall–Kier alpha value is -2.23. The topological polar surface area (TPSA) is 66.8 Å². The van der Waals surface area contributed by atoms with Crippen molar-refractivity contribution < 1.29 is 19.7 Å². The molecule has 4 nitrogen and oxygen atoms in total. The Balaban J connectivity index is 2.66. The molecular formula is C23H32O4. The van der Waals surface area contributed by atoms with Gasteiger partial charge < -0.3 is 14.9 Å². The number of ether oxygens (including phenoxy) is 1. The summed E-state index contributed by atoms with van der Waals surface area (Å²) in [6.45, 7) is 12.4. The van der Waals surface area contributed by atoms with Gasteiger partial charge in [0.1, 0.15) is 17.1 Å². The second kappa shape index (κ2) is 9.12. The summed E-state index contributed by atoms with van der Waals surface area (Å²) in [6, 6.07) is 1.61. The fraction of sp³-hybridized carbons (Fsp3) is 0.522. The maximum absolute atomic E-state index is 12.6. The van der Waals surface area contributed by atoms with Crippen molar-refractivity contribution in [2.75, 3.05) is 6.61 Å². The molecule has 2 N–H and O–H groups in total. The van der Waals surface area contributed by atoms with Crippen LogP contribution in [0.15, 0.2) is 24.3 Å². The minimum atomic E-state index is -0.532. The SMILES string of the molecule is C=C(C)[C@@H]1CCC(C)C=C1c1c(O)cc(CCC)c(C(=O)OCCC)c1O. The van der Waals surface area contributed by atoms with Crippen molar-refractivity contribution in [3.63, 3.8) is 0 Å². The molecule has 0 spiro atoms. The Labute approximate surface area is 162 Å². The van der Waals surface area contributed by atoms with Gasteiger partial charge in [-0.15, -0.1) is 0 Å². The Morgan fingerprint density at radius 3 is 2.56 bits per heavy atom. The number of carbonyl (C=O) groups is 1. The van der Waals surface area contributed by atoms with Crippen LogP contribution in [0.25, 0.3) is 5.57 Å². The van der Waals surface area contributed by atoms with E-state index in [1.54, 1.807) is 6.07 Å². The Morgan fingerprint density at radius 1 is 1.26 bits per heavy atom. The molecule has 0 aromatic heterocycles.